The van der Waals surface area contributed by atoms with Gasteiger partial charge >= 0.3 is 0 Å². The Bertz CT molecular complexity index is 481. The van der Waals surface area contributed by atoms with Gasteiger partial charge in [0.15, 0.2) is 5.96 Å². The van der Waals surface area contributed by atoms with Gasteiger partial charge in [-0.05, 0) is 31.7 Å². The Hall–Kier alpha value is -2.04. The Balaban J connectivity index is 1.78. The molecule has 1 aliphatic heterocycles. The molecule has 1 heterocycles. The largest absolute Gasteiger partial charge is 0.357 e. The van der Waals surface area contributed by atoms with Crippen LogP contribution in [0.4, 0.5) is 0 Å². The maximum Gasteiger partial charge on any atom is 0.244 e. The highest BCUT2D eigenvalue weighted by atomic mass is 16.2. The molecule has 2 N–H and O–H groups in total. The molecule has 0 bridgehead atoms. The average Bonchev–Trinajstić information content (AvgIpc) is 3.08. The van der Waals surface area contributed by atoms with E-state index in [0.717, 1.165) is 45.4 Å². The summed E-state index contributed by atoms with van der Waals surface area (Å²) in [6.45, 7) is 5.60. The third kappa shape index (κ3) is 5.39. The van der Waals surface area contributed by atoms with Crippen LogP contribution in [-0.2, 0) is 11.2 Å². The first-order valence-electron chi connectivity index (χ1n) is 8.13. The molecule has 0 aliphatic carbocycles. The summed E-state index contributed by atoms with van der Waals surface area (Å²) in [7, 11) is 0. The molecule has 0 atom stereocenters. The fourth-order valence-electron chi connectivity index (χ4n) is 2.52. The summed E-state index contributed by atoms with van der Waals surface area (Å²) in [5.74, 6) is 0.837. The molecule has 120 valence electrons. The summed E-state index contributed by atoms with van der Waals surface area (Å²) in [4.78, 5) is 18.3. The molecule has 0 aromatic heterocycles. The molecule has 1 fully saturated rings. The van der Waals surface area contributed by atoms with Crippen LogP contribution in [0.25, 0.3) is 0 Å². The minimum absolute atomic E-state index is 0.123. The van der Waals surface area contributed by atoms with Crippen molar-refractivity contribution in [3.8, 4) is 0 Å². The Kier molecular flexibility index (Phi) is 6.74. The van der Waals surface area contributed by atoms with Crippen molar-refractivity contribution in [2.24, 2.45) is 4.99 Å². The third-order valence-corrected chi connectivity index (χ3v) is 3.72. The van der Waals surface area contributed by atoms with Crippen LogP contribution in [0.1, 0.15) is 25.3 Å². The van der Waals surface area contributed by atoms with Crippen molar-refractivity contribution in [2.75, 3.05) is 32.7 Å². The second-order valence-corrected chi connectivity index (χ2v) is 5.45. The SMILES string of the molecule is CCNC(=NCC(=O)N1CCCC1)NCCc1ccccc1. The second kappa shape index (κ2) is 9.07. The van der Waals surface area contributed by atoms with Crippen molar-refractivity contribution in [1.82, 2.24) is 15.5 Å². The molecule has 0 saturated carbocycles. The first kappa shape index (κ1) is 16.3. The zero-order valence-electron chi connectivity index (χ0n) is 13.3. The standard InChI is InChI=1S/C17H26N4O/c1-2-18-17(19-11-10-15-8-4-3-5-9-15)20-14-16(22)21-12-6-7-13-21/h3-5,8-9H,2,6-7,10-14H2,1H3,(H2,18,19,20). The van der Waals surface area contributed by atoms with E-state index in [1.807, 2.05) is 30.0 Å². The Morgan fingerprint density at radius 3 is 2.59 bits per heavy atom. The van der Waals surface area contributed by atoms with Crippen LogP contribution >= 0.6 is 0 Å². The monoisotopic (exact) mass is 302 g/mol. The number of aliphatic imine (C=N–C) groups is 1. The normalized spacial score (nSPS) is 15.0. The van der Waals surface area contributed by atoms with Crippen molar-refractivity contribution in [1.29, 1.82) is 0 Å². The predicted octanol–water partition coefficient (Wildman–Crippen LogP) is 1.41. The lowest BCUT2D eigenvalue weighted by Gasteiger charge is -2.15. The van der Waals surface area contributed by atoms with Gasteiger partial charge in [0, 0.05) is 26.2 Å². The Morgan fingerprint density at radius 1 is 1.18 bits per heavy atom. The van der Waals surface area contributed by atoms with E-state index in [1.54, 1.807) is 0 Å². The third-order valence-electron chi connectivity index (χ3n) is 3.72. The van der Waals surface area contributed by atoms with Crippen LogP contribution in [0, 0.1) is 0 Å². The van der Waals surface area contributed by atoms with Crippen LogP contribution in [0.15, 0.2) is 35.3 Å². The number of benzene rings is 1. The van der Waals surface area contributed by atoms with Crippen LogP contribution in [0.2, 0.25) is 0 Å². The maximum atomic E-state index is 12.0. The summed E-state index contributed by atoms with van der Waals surface area (Å²) < 4.78 is 0. The molecule has 5 nitrogen and oxygen atoms in total. The fraction of sp³-hybridized carbons (Fsp3) is 0.529. The minimum atomic E-state index is 0.123. The van der Waals surface area contributed by atoms with Gasteiger partial charge < -0.3 is 15.5 Å². The lowest BCUT2D eigenvalue weighted by atomic mass is 10.1. The number of rotatable bonds is 6. The van der Waals surface area contributed by atoms with Gasteiger partial charge in [-0.25, -0.2) is 4.99 Å². The number of hydrogen-bond donors (Lipinski definition) is 2. The number of nitrogens with one attached hydrogen (secondary N) is 2. The minimum Gasteiger partial charge on any atom is -0.357 e. The van der Waals surface area contributed by atoms with Gasteiger partial charge in [-0.2, -0.15) is 0 Å². The van der Waals surface area contributed by atoms with Gasteiger partial charge in [-0.3, -0.25) is 4.79 Å². The zero-order valence-corrected chi connectivity index (χ0v) is 13.3. The van der Waals surface area contributed by atoms with Crippen molar-refractivity contribution < 1.29 is 4.79 Å². The number of amides is 1. The molecule has 0 unspecified atom stereocenters. The van der Waals surface area contributed by atoms with E-state index >= 15 is 0 Å². The molecular formula is C17H26N4O. The van der Waals surface area contributed by atoms with E-state index in [4.69, 9.17) is 0 Å². The summed E-state index contributed by atoms with van der Waals surface area (Å²) in [5, 5.41) is 6.47. The number of hydrogen-bond acceptors (Lipinski definition) is 2. The molecule has 1 aromatic rings. The van der Waals surface area contributed by atoms with Gasteiger partial charge in [-0.1, -0.05) is 30.3 Å². The smallest absolute Gasteiger partial charge is 0.244 e. The van der Waals surface area contributed by atoms with E-state index in [9.17, 15) is 4.79 Å². The highest BCUT2D eigenvalue weighted by Gasteiger charge is 2.17. The van der Waals surface area contributed by atoms with Gasteiger partial charge in [0.25, 0.3) is 0 Å². The van der Waals surface area contributed by atoms with Crippen LogP contribution in [0.5, 0.6) is 0 Å². The Morgan fingerprint density at radius 2 is 1.91 bits per heavy atom. The second-order valence-electron chi connectivity index (χ2n) is 5.45. The van der Waals surface area contributed by atoms with E-state index in [1.165, 1.54) is 5.56 Å². The highest BCUT2D eigenvalue weighted by Crippen LogP contribution is 2.07. The zero-order chi connectivity index (χ0) is 15.6. The number of guanidine groups is 1. The lowest BCUT2D eigenvalue weighted by molar-refractivity contribution is -0.128. The number of carbonyl (C=O) groups is 1. The van der Waals surface area contributed by atoms with Gasteiger partial charge in [0.1, 0.15) is 6.54 Å². The van der Waals surface area contributed by atoms with Crippen molar-refractivity contribution in [2.45, 2.75) is 26.2 Å². The average molecular weight is 302 g/mol. The molecule has 5 heteroatoms. The van der Waals surface area contributed by atoms with Crippen molar-refractivity contribution in [3.05, 3.63) is 35.9 Å². The Labute approximate surface area is 132 Å². The highest BCUT2D eigenvalue weighted by molar-refractivity contribution is 5.85. The fourth-order valence-corrected chi connectivity index (χ4v) is 2.52. The molecule has 22 heavy (non-hydrogen) atoms. The molecule has 1 aliphatic rings. The quantitative estimate of drug-likeness (QED) is 0.617. The summed E-state index contributed by atoms with van der Waals surface area (Å²) >= 11 is 0. The van der Waals surface area contributed by atoms with Crippen LogP contribution in [-0.4, -0.2) is 49.5 Å². The summed E-state index contributed by atoms with van der Waals surface area (Å²) in [6.07, 6.45) is 3.17. The van der Waals surface area contributed by atoms with Gasteiger partial charge in [-0.15, -0.1) is 0 Å². The first-order valence-corrected chi connectivity index (χ1v) is 8.13. The summed E-state index contributed by atoms with van der Waals surface area (Å²) in [6, 6.07) is 10.3. The topological polar surface area (TPSA) is 56.7 Å². The van der Waals surface area contributed by atoms with E-state index in [0.29, 0.717) is 5.96 Å². The molecule has 0 radical (unpaired) electrons. The van der Waals surface area contributed by atoms with Crippen LogP contribution in [0.3, 0.4) is 0 Å². The van der Waals surface area contributed by atoms with Crippen LogP contribution < -0.4 is 10.6 Å². The molecule has 1 saturated heterocycles. The molecule has 1 amide bonds. The van der Waals surface area contributed by atoms with Gasteiger partial charge in [0.05, 0.1) is 0 Å². The lowest BCUT2D eigenvalue weighted by Crippen LogP contribution is -2.39. The predicted molar refractivity (Wildman–Crippen MR) is 89.9 cm³/mol. The van der Waals surface area contributed by atoms with Gasteiger partial charge in [0.2, 0.25) is 5.91 Å². The van der Waals surface area contributed by atoms with E-state index in [2.05, 4.69) is 27.8 Å². The summed E-state index contributed by atoms with van der Waals surface area (Å²) in [5.41, 5.74) is 1.29. The van der Waals surface area contributed by atoms with Crippen molar-refractivity contribution in [3.63, 3.8) is 0 Å². The van der Waals surface area contributed by atoms with Crippen molar-refractivity contribution >= 4 is 11.9 Å². The molecular weight excluding hydrogens is 276 g/mol. The van der Waals surface area contributed by atoms with E-state index < -0.39 is 0 Å². The number of likely N-dealkylation sites (tertiary alicyclic amines) is 1. The number of nitrogens with zero attached hydrogens (tertiary/aromatic N) is 2. The maximum absolute atomic E-state index is 12.0. The molecule has 1 aromatic carbocycles. The molecule has 2 rings (SSSR count). The van der Waals surface area contributed by atoms with E-state index in [-0.39, 0.29) is 12.5 Å². The molecule has 0 spiro atoms. The first-order chi connectivity index (χ1) is 10.8. The number of carbonyl (C=O) groups excluding carboxylic acids is 1.